The van der Waals surface area contributed by atoms with Crippen LogP contribution < -0.4 is 5.73 Å². The molecule has 0 amide bonds. The van der Waals surface area contributed by atoms with Crippen LogP contribution in [-0.4, -0.2) is 11.6 Å². The van der Waals surface area contributed by atoms with E-state index in [2.05, 4.69) is 0 Å². The lowest BCUT2D eigenvalue weighted by Gasteiger charge is -2.18. The number of benzene rings is 1. The van der Waals surface area contributed by atoms with Crippen LogP contribution in [-0.2, 0) is 4.74 Å². The van der Waals surface area contributed by atoms with Gasteiger partial charge in [-0.05, 0) is 50.6 Å². The Hall–Kier alpha value is -1.23. The number of carbonyl (C=O) groups excluding carboxylic acids is 1. The van der Waals surface area contributed by atoms with Crippen LogP contribution in [0.15, 0.2) is 24.3 Å². The monoisotopic (exact) mass is 343 g/mol. The van der Waals surface area contributed by atoms with Gasteiger partial charge in [-0.1, -0.05) is 23.2 Å². The van der Waals surface area contributed by atoms with Crippen molar-refractivity contribution in [3.8, 4) is 10.4 Å². The third-order valence-corrected chi connectivity index (χ3v) is 4.11. The Morgan fingerprint density at radius 1 is 1.14 bits per heavy atom. The average Bonchev–Trinajstić information content (AvgIpc) is 2.68. The summed E-state index contributed by atoms with van der Waals surface area (Å²) in [5.41, 5.74) is 6.56. The number of thiophene rings is 1. The summed E-state index contributed by atoms with van der Waals surface area (Å²) in [4.78, 5) is 13.3. The van der Waals surface area contributed by atoms with Gasteiger partial charge in [0, 0.05) is 14.9 Å². The van der Waals surface area contributed by atoms with Crippen molar-refractivity contribution in [2.75, 3.05) is 5.73 Å². The Kier molecular flexibility index (Phi) is 4.51. The van der Waals surface area contributed by atoms with Crippen LogP contribution in [0.5, 0.6) is 0 Å². The van der Waals surface area contributed by atoms with Crippen molar-refractivity contribution in [2.45, 2.75) is 26.4 Å². The highest BCUT2D eigenvalue weighted by molar-refractivity contribution is 7.18. The van der Waals surface area contributed by atoms with E-state index >= 15 is 0 Å². The smallest absolute Gasteiger partial charge is 0.350 e. The molecule has 21 heavy (non-hydrogen) atoms. The molecule has 0 saturated carbocycles. The molecule has 6 heteroatoms. The normalized spacial score (nSPS) is 11.5. The topological polar surface area (TPSA) is 52.3 Å². The van der Waals surface area contributed by atoms with Crippen LogP contribution in [0.2, 0.25) is 10.0 Å². The van der Waals surface area contributed by atoms with Crippen LogP contribution in [0.4, 0.5) is 5.69 Å². The second-order valence-electron chi connectivity index (χ2n) is 5.56. The maximum absolute atomic E-state index is 12.1. The molecule has 0 saturated heterocycles. The summed E-state index contributed by atoms with van der Waals surface area (Å²) in [5.74, 6) is -0.427. The number of ether oxygens (including phenoxy) is 1. The summed E-state index contributed by atoms with van der Waals surface area (Å²) >= 11 is 13.2. The molecule has 0 radical (unpaired) electrons. The van der Waals surface area contributed by atoms with E-state index in [9.17, 15) is 4.79 Å². The number of rotatable bonds is 2. The van der Waals surface area contributed by atoms with Gasteiger partial charge in [-0.3, -0.25) is 0 Å². The van der Waals surface area contributed by atoms with Gasteiger partial charge in [0.2, 0.25) is 0 Å². The lowest BCUT2D eigenvalue weighted by atomic mass is 10.2. The quantitative estimate of drug-likeness (QED) is 0.756. The minimum Gasteiger partial charge on any atom is -0.456 e. The molecule has 0 bridgehead atoms. The molecule has 0 aliphatic heterocycles. The third kappa shape index (κ3) is 4.13. The lowest BCUT2D eigenvalue weighted by Crippen LogP contribution is -2.23. The number of esters is 1. The number of hydrogen-bond donors (Lipinski definition) is 1. The summed E-state index contributed by atoms with van der Waals surface area (Å²) in [7, 11) is 0. The Morgan fingerprint density at radius 2 is 1.71 bits per heavy atom. The largest absolute Gasteiger partial charge is 0.456 e. The van der Waals surface area contributed by atoms with E-state index in [1.54, 1.807) is 24.3 Å². The van der Waals surface area contributed by atoms with Crippen molar-refractivity contribution in [1.82, 2.24) is 0 Å². The molecule has 0 atom stereocenters. The maximum Gasteiger partial charge on any atom is 0.350 e. The minimum absolute atomic E-state index is 0.385. The number of hydrogen-bond acceptors (Lipinski definition) is 4. The maximum atomic E-state index is 12.1. The summed E-state index contributed by atoms with van der Waals surface area (Å²) < 4.78 is 5.34. The molecule has 1 aromatic carbocycles. The van der Waals surface area contributed by atoms with Crippen molar-refractivity contribution < 1.29 is 9.53 Å². The van der Waals surface area contributed by atoms with Crippen LogP contribution >= 0.6 is 34.5 Å². The van der Waals surface area contributed by atoms with E-state index in [1.807, 2.05) is 20.8 Å². The zero-order valence-electron chi connectivity index (χ0n) is 11.9. The van der Waals surface area contributed by atoms with Crippen molar-refractivity contribution in [1.29, 1.82) is 0 Å². The first kappa shape index (κ1) is 16.1. The molecule has 0 aliphatic rings. The van der Waals surface area contributed by atoms with Gasteiger partial charge in [0.05, 0.1) is 5.69 Å². The standard InChI is InChI=1S/C15H15Cl2NO2S/c1-15(2,3)20-14(19)13-11(18)7-12(21-13)8-4-9(16)6-10(17)5-8/h4-7H,18H2,1-3H3. The van der Waals surface area contributed by atoms with Gasteiger partial charge in [0.15, 0.2) is 0 Å². The Balaban J connectivity index is 2.37. The fourth-order valence-electron chi connectivity index (χ4n) is 1.73. The van der Waals surface area contributed by atoms with Gasteiger partial charge in [-0.2, -0.15) is 0 Å². The molecule has 0 aliphatic carbocycles. The predicted octanol–water partition coefficient (Wildman–Crippen LogP) is 5.26. The van der Waals surface area contributed by atoms with Crippen LogP contribution in [0.1, 0.15) is 30.4 Å². The van der Waals surface area contributed by atoms with E-state index in [4.69, 9.17) is 33.7 Å². The highest BCUT2D eigenvalue weighted by atomic mass is 35.5. The van der Waals surface area contributed by atoms with Crippen molar-refractivity contribution in [2.24, 2.45) is 0 Å². The molecule has 3 nitrogen and oxygen atoms in total. The van der Waals surface area contributed by atoms with Crippen molar-refractivity contribution in [3.63, 3.8) is 0 Å². The first-order valence-electron chi connectivity index (χ1n) is 6.25. The predicted molar refractivity (Wildman–Crippen MR) is 89.4 cm³/mol. The SMILES string of the molecule is CC(C)(C)OC(=O)c1sc(-c2cc(Cl)cc(Cl)c2)cc1N. The molecule has 1 heterocycles. The number of halogens is 2. The van der Waals surface area contributed by atoms with Gasteiger partial charge >= 0.3 is 5.97 Å². The van der Waals surface area contributed by atoms with Crippen molar-refractivity contribution >= 4 is 46.2 Å². The van der Waals surface area contributed by atoms with E-state index < -0.39 is 11.6 Å². The van der Waals surface area contributed by atoms with Crippen LogP contribution in [0.25, 0.3) is 10.4 Å². The van der Waals surface area contributed by atoms with E-state index in [0.29, 0.717) is 20.6 Å². The van der Waals surface area contributed by atoms with Crippen LogP contribution in [0, 0.1) is 0 Å². The first-order chi connectivity index (χ1) is 9.65. The van der Waals surface area contributed by atoms with E-state index in [-0.39, 0.29) is 0 Å². The first-order valence-corrected chi connectivity index (χ1v) is 7.82. The zero-order valence-corrected chi connectivity index (χ0v) is 14.2. The molecule has 2 aromatic rings. The number of anilines is 1. The summed E-state index contributed by atoms with van der Waals surface area (Å²) in [6.07, 6.45) is 0. The molecule has 2 N–H and O–H groups in total. The summed E-state index contributed by atoms with van der Waals surface area (Å²) in [6.45, 7) is 5.44. The molecule has 1 aromatic heterocycles. The minimum atomic E-state index is -0.562. The lowest BCUT2D eigenvalue weighted by molar-refractivity contribution is 0.00764. The second kappa shape index (κ2) is 5.87. The van der Waals surface area contributed by atoms with Crippen molar-refractivity contribution in [3.05, 3.63) is 39.2 Å². The Labute approximate surface area is 137 Å². The number of nitrogens with two attached hydrogens (primary N) is 1. The van der Waals surface area contributed by atoms with Gasteiger partial charge in [0.1, 0.15) is 10.5 Å². The second-order valence-corrected chi connectivity index (χ2v) is 7.48. The molecule has 0 fully saturated rings. The Morgan fingerprint density at radius 3 is 2.24 bits per heavy atom. The number of carbonyl (C=O) groups is 1. The molecule has 0 spiro atoms. The average molecular weight is 344 g/mol. The van der Waals surface area contributed by atoms with Gasteiger partial charge < -0.3 is 10.5 Å². The molecule has 2 rings (SSSR count). The van der Waals surface area contributed by atoms with Crippen LogP contribution in [0.3, 0.4) is 0 Å². The fraction of sp³-hybridized carbons (Fsp3) is 0.267. The molecular weight excluding hydrogens is 329 g/mol. The molecular formula is C15H15Cl2NO2S. The summed E-state index contributed by atoms with van der Waals surface area (Å²) in [6, 6.07) is 6.93. The van der Waals surface area contributed by atoms with Gasteiger partial charge in [0.25, 0.3) is 0 Å². The highest BCUT2D eigenvalue weighted by Gasteiger charge is 2.22. The van der Waals surface area contributed by atoms with E-state index in [1.165, 1.54) is 11.3 Å². The molecule has 112 valence electrons. The summed E-state index contributed by atoms with van der Waals surface area (Å²) in [5, 5.41) is 1.06. The zero-order chi connectivity index (χ0) is 15.8. The Bertz CT molecular complexity index is 669. The van der Waals surface area contributed by atoms with Gasteiger partial charge in [-0.25, -0.2) is 4.79 Å². The van der Waals surface area contributed by atoms with E-state index in [0.717, 1.165) is 10.4 Å². The molecule has 0 unspecified atom stereocenters. The fourth-order valence-corrected chi connectivity index (χ4v) is 3.20. The number of nitrogen functional groups attached to an aromatic ring is 1. The third-order valence-electron chi connectivity index (χ3n) is 2.49. The van der Waals surface area contributed by atoms with Gasteiger partial charge in [-0.15, -0.1) is 11.3 Å². The highest BCUT2D eigenvalue weighted by Crippen LogP contribution is 2.36.